The van der Waals surface area contributed by atoms with Gasteiger partial charge in [-0.25, -0.2) is 4.79 Å². The average Bonchev–Trinajstić information content (AvgIpc) is 2.56. The summed E-state index contributed by atoms with van der Waals surface area (Å²) in [6.45, 7) is 7.06. The van der Waals surface area contributed by atoms with E-state index < -0.39 is 0 Å². The number of carbonyl (C=O) groups excluding carboxylic acids is 2. The van der Waals surface area contributed by atoms with E-state index in [0.29, 0.717) is 65.0 Å². The van der Waals surface area contributed by atoms with E-state index in [4.69, 9.17) is 9.47 Å². The van der Waals surface area contributed by atoms with Gasteiger partial charge in [0.25, 0.3) is 0 Å². The molecule has 2 saturated heterocycles. The number of nitrogens with one attached hydrogen (secondary N) is 1. The molecule has 0 saturated carbocycles. The van der Waals surface area contributed by atoms with Crippen molar-refractivity contribution in [2.24, 2.45) is 0 Å². The normalized spacial score (nSPS) is 20.0. The predicted octanol–water partition coefficient (Wildman–Crippen LogP) is 0.446. The van der Waals surface area contributed by atoms with Crippen LogP contribution in [0.3, 0.4) is 0 Å². The lowest BCUT2D eigenvalue weighted by Gasteiger charge is -2.32. The molecule has 22 heavy (non-hydrogen) atoms. The molecule has 1 N–H and O–H groups in total. The van der Waals surface area contributed by atoms with E-state index in [-0.39, 0.29) is 12.0 Å². The molecule has 2 heterocycles. The third-order valence-corrected chi connectivity index (χ3v) is 4.16. The van der Waals surface area contributed by atoms with Crippen molar-refractivity contribution in [1.29, 1.82) is 0 Å². The number of rotatable bonds is 5. The van der Waals surface area contributed by atoms with Crippen LogP contribution in [0.1, 0.15) is 26.2 Å². The van der Waals surface area contributed by atoms with Gasteiger partial charge in [-0.3, -0.25) is 4.79 Å². The Hall–Kier alpha value is -1.34. The van der Waals surface area contributed by atoms with E-state index in [2.05, 4.69) is 5.32 Å². The molecular weight excluding hydrogens is 286 g/mol. The highest BCUT2D eigenvalue weighted by Gasteiger charge is 2.23. The summed E-state index contributed by atoms with van der Waals surface area (Å²) in [4.78, 5) is 27.2. The zero-order valence-corrected chi connectivity index (χ0v) is 13.4. The van der Waals surface area contributed by atoms with Gasteiger partial charge in [0.1, 0.15) is 0 Å². The standard InChI is InChI=1S/C15H27N3O4/c1-2-22-15(20)18-7-4-13(5-8-18)16-6-3-14(19)17-9-11-21-12-10-17/h13,16H,2-12H2,1H3. The number of morpholine rings is 1. The Kier molecular flexibility index (Phi) is 6.92. The van der Waals surface area contributed by atoms with Gasteiger partial charge in [-0.15, -0.1) is 0 Å². The Balaban J connectivity index is 1.58. The number of hydrogen-bond donors (Lipinski definition) is 1. The van der Waals surface area contributed by atoms with Crippen LogP contribution >= 0.6 is 0 Å². The first-order valence-electron chi connectivity index (χ1n) is 8.21. The molecule has 0 unspecified atom stereocenters. The van der Waals surface area contributed by atoms with Crippen molar-refractivity contribution in [2.45, 2.75) is 32.2 Å². The van der Waals surface area contributed by atoms with Crippen LogP contribution in [0.4, 0.5) is 4.79 Å². The minimum Gasteiger partial charge on any atom is -0.450 e. The molecule has 2 amide bonds. The number of amides is 2. The van der Waals surface area contributed by atoms with E-state index in [9.17, 15) is 9.59 Å². The number of hydrogen-bond acceptors (Lipinski definition) is 5. The molecule has 0 aliphatic carbocycles. The predicted molar refractivity (Wildman–Crippen MR) is 81.6 cm³/mol. The second-order valence-electron chi connectivity index (χ2n) is 5.66. The van der Waals surface area contributed by atoms with E-state index >= 15 is 0 Å². The molecule has 7 nitrogen and oxygen atoms in total. The summed E-state index contributed by atoms with van der Waals surface area (Å²) in [5.74, 6) is 0.194. The van der Waals surface area contributed by atoms with Gasteiger partial charge in [0.15, 0.2) is 0 Å². The Morgan fingerprint density at radius 2 is 1.82 bits per heavy atom. The molecule has 2 fully saturated rings. The van der Waals surface area contributed by atoms with Crippen molar-refractivity contribution < 1.29 is 19.1 Å². The van der Waals surface area contributed by atoms with Gasteiger partial charge in [0.2, 0.25) is 5.91 Å². The smallest absolute Gasteiger partial charge is 0.409 e. The Labute approximate surface area is 131 Å². The van der Waals surface area contributed by atoms with Crippen LogP contribution in [0.2, 0.25) is 0 Å². The topological polar surface area (TPSA) is 71.1 Å². The average molecular weight is 313 g/mol. The number of ether oxygens (including phenoxy) is 2. The van der Waals surface area contributed by atoms with Crippen LogP contribution in [-0.4, -0.2) is 80.4 Å². The van der Waals surface area contributed by atoms with E-state index in [1.54, 1.807) is 4.90 Å². The van der Waals surface area contributed by atoms with Crippen LogP contribution in [0.15, 0.2) is 0 Å². The quantitative estimate of drug-likeness (QED) is 0.798. The van der Waals surface area contributed by atoms with Crippen LogP contribution in [0.5, 0.6) is 0 Å². The van der Waals surface area contributed by atoms with Gasteiger partial charge < -0.3 is 24.6 Å². The van der Waals surface area contributed by atoms with Crippen LogP contribution in [-0.2, 0) is 14.3 Å². The molecule has 0 aromatic rings. The molecule has 0 aromatic heterocycles. The summed E-state index contributed by atoms with van der Waals surface area (Å²) in [5.41, 5.74) is 0. The molecule has 0 spiro atoms. The van der Waals surface area contributed by atoms with Gasteiger partial charge >= 0.3 is 6.09 Å². The molecule has 126 valence electrons. The van der Waals surface area contributed by atoms with E-state index in [0.717, 1.165) is 12.8 Å². The lowest BCUT2D eigenvalue weighted by atomic mass is 10.1. The molecule has 0 radical (unpaired) electrons. The van der Waals surface area contributed by atoms with Crippen LogP contribution < -0.4 is 5.32 Å². The summed E-state index contributed by atoms with van der Waals surface area (Å²) in [5, 5.41) is 3.43. The van der Waals surface area contributed by atoms with Gasteiger partial charge in [0.05, 0.1) is 19.8 Å². The Morgan fingerprint density at radius 3 is 2.45 bits per heavy atom. The Bertz CT molecular complexity index is 364. The summed E-state index contributed by atoms with van der Waals surface area (Å²) < 4.78 is 10.2. The zero-order chi connectivity index (χ0) is 15.8. The summed E-state index contributed by atoms with van der Waals surface area (Å²) in [6.07, 6.45) is 2.12. The fraction of sp³-hybridized carbons (Fsp3) is 0.867. The third-order valence-electron chi connectivity index (χ3n) is 4.16. The summed E-state index contributed by atoms with van der Waals surface area (Å²) in [6, 6.07) is 0.378. The monoisotopic (exact) mass is 313 g/mol. The number of piperidine rings is 1. The maximum Gasteiger partial charge on any atom is 0.409 e. The molecule has 2 aliphatic rings. The second kappa shape index (κ2) is 8.95. The molecule has 0 aromatic carbocycles. The van der Waals surface area contributed by atoms with Crippen molar-refractivity contribution in [3.63, 3.8) is 0 Å². The summed E-state index contributed by atoms with van der Waals surface area (Å²) in [7, 11) is 0. The minimum atomic E-state index is -0.219. The number of likely N-dealkylation sites (tertiary alicyclic amines) is 1. The second-order valence-corrected chi connectivity index (χ2v) is 5.66. The molecule has 0 bridgehead atoms. The highest BCUT2D eigenvalue weighted by atomic mass is 16.6. The van der Waals surface area contributed by atoms with Gasteiger partial charge in [-0.05, 0) is 19.8 Å². The van der Waals surface area contributed by atoms with E-state index in [1.165, 1.54) is 0 Å². The first-order valence-corrected chi connectivity index (χ1v) is 8.21. The van der Waals surface area contributed by atoms with Crippen molar-refractivity contribution in [3.8, 4) is 0 Å². The first-order chi connectivity index (χ1) is 10.7. The SMILES string of the molecule is CCOC(=O)N1CCC(NCCC(=O)N2CCOCC2)CC1. The van der Waals surface area contributed by atoms with Gasteiger partial charge in [0, 0.05) is 45.2 Å². The largest absolute Gasteiger partial charge is 0.450 e. The minimum absolute atomic E-state index is 0.194. The number of carbonyl (C=O) groups is 2. The lowest BCUT2D eigenvalue weighted by molar-refractivity contribution is -0.135. The van der Waals surface area contributed by atoms with Crippen molar-refractivity contribution in [2.75, 3.05) is 52.5 Å². The lowest BCUT2D eigenvalue weighted by Crippen LogP contribution is -2.46. The van der Waals surface area contributed by atoms with Crippen molar-refractivity contribution >= 4 is 12.0 Å². The van der Waals surface area contributed by atoms with E-state index in [1.807, 2.05) is 11.8 Å². The molecule has 0 atom stereocenters. The maximum absolute atomic E-state index is 12.0. The highest BCUT2D eigenvalue weighted by Crippen LogP contribution is 2.11. The van der Waals surface area contributed by atoms with Gasteiger partial charge in [-0.1, -0.05) is 0 Å². The molecule has 7 heteroatoms. The molecular formula is C15H27N3O4. The fourth-order valence-corrected chi connectivity index (χ4v) is 2.84. The maximum atomic E-state index is 12.0. The highest BCUT2D eigenvalue weighted by molar-refractivity contribution is 5.76. The van der Waals surface area contributed by atoms with Crippen LogP contribution in [0, 0.1) is 0 Å². The van der Waals surface area contributed by atoms with Crippen molar-refractivity contribution in [1.82, 2.24) is 15.1 Å². The summed E-state index contributed by atoms with van der Waals surface area (Å²) >= 11 is 0. The first kappa shape index (κ1) is 17.0. The number of nitrogens with zero attached hydrogens (tertiary/aromatic N) is 2. The van der Waals surface area contributed by atoms with Gasteiger partial charge in [-0.2, -0.15) is 0 Å². The van der Waals surface area contributed by atoms with Crippen LogP contribution in [0.25, 0.3) is 0 Å². The molecule has 2 rings (SSSR count). The van der Waals surface area contributed by atoms with Crippen molar-refractivity contribution in [3.05, 3.63) is 0 Å². The third kappa shape index (κ3) is 5.14. The zero-order valence-electron chi connectivity index (χ0n) is 13.4. The molecule has 2 aliphatic heterocycles. The fourth-order valence-electron chi connectivity index (χ4n) is 2.84. The Morgan fingerprint density at radius 1 is 1.14 bits per heavy atom.